The number of ether oxygens (including phenoxy) is 1. The minimum atomic E-state index is -0.678. The Morgan fingerprint density at radius 2 is 1.88 bits per heavy atom. The molecule has 0 heterocycles. The number of amidine groups is 1. The van der Waals surface area contributed by atoms with Crippen LogP contribution in [0.25, 0.3) is 0 Å². The molecule has 0 aromatic rings. The molecule has 1 saturated carbocycles. The summed E-state index contributed by atoms with van der Waals surface area (Å²) in [7, 11) is 0. The van der Waals surface area contributed by atoms with E-state index in [0.717, 1.165) is 25.7 Å². The smallest absolute Gasteiger partial charge is 0.408 e. The van der Waals surface area contributed by atoms with Gasteiger partial charge in [0.2, 0.25) is 0 Å². The minimum absolute atomic E-state index is 0.0239. The molecule has 16 heavy (non-hydrogen) atoms. The van der Waals surface area contributed by atoms with E-state index in [1.54, 1.807) is 0 Å². The molecule has 0 unspecified atom stereocenters. The number of carbonyl (C=O) groups excluding carboxylic acids is 1. The molecule has 0 bridgehead atoms. The van der Waals surface area contributed by atoms with Crippen LogP contribution in [0, 0.1) is 5.41 Å². The van der Waals surface area contributed by atoms with Crippen molar-refractivity contribution in [1.29, 1.82) is 5.41 Å². The molecule has 5 heteroatoms. The van der Waals surface area contributed by atoms with Gasteiger partial charge in [0, 0.05) is 0 Å². The molecule has 1 amide bonds. The fraction of sp³-hybridized carbons (Fsp3) is 0.818. The van der Waals surface area contributed by atoms with Gasteiger partial charge in [-0.15, -0.1) is 0 Å². The highest BCUT2D eigenvalue weighted by Crippen LogP contribution is 2.29. The highest BCUT2D eigenvalue weighted by atomic mass is 16.6. The van der Waals surface area contributed by atoms with E-state index >= 15 is 0 Å². The average molecular weight is 227 g/mol. The highest BCUT2D eigenvalue weighted by molar-refractivity contribution is 5.91. The molecule has 0 aromatic carbocycles. The topological polar surface area (TPSA) is 88.2 Å². The lowest BCUT2D eigenvalue weighted by molar-refractivity contribution is 0.0486. The van der Waals surface area contributed by atoms with E-state index in [2.05, 4.69) is 5.32 Å². The number of amides is 1. The fourth-order valence-electron chi connectivity index (χ4n) is 1.94. The molecule has 5 nitrogen and oxygen atoms in total. The summed E-state index contributed by atoms with van der Waals surface area (Å²) < 4.78 is 5.17. The Kier molecular flexibility index (Phi) is 3.45. The number of nitrogens with one attached hydrogen (secondary N) is 2. The number of hydrogen-bond acceptors (Lipinski definition) is 3. The zero-order valence-electron chi connectivity index (χ0n) is 10.2. The summed E-state index contributed by atoms with van der Waals surface area (Å²) in [6, 6.07) is 0. The quantitative estimate of drug-likeness (QED) is 0.496. The molecule has 0 saturated heterocycles. The van der Waals surface area contributed by atoms with Crippen molar-refractivity contribution >= 4 is 11.9 Å². The normalized spacial score (nSPS) is 19.2. The van der Waals surface area contributed by atoms with Crippen molar-refractivity contribution in [3.05, 3.63) is 0 Å². The lowest BCUT2D eigenvalue weighted by Gasteiger charge is -2.30. The van der Waals surface area contributed by atoms with E-state index in [1.165, 1.54) is 0 Å². The summed E-state index contributed by atoms with van der Waals surface area (Å²) >= 11 is 0. The first-order valence-corrected chi connectivity index (χ1v) is 5.61. The van der Waals surface area contributed by atoms with Crippen LogP contribution < -0.4 is 11.1 Å². The monoisotopic (exact) mass is 227 g/mol. The largest absolute Gasteiger partial charge is 0.444 e. The first-order valence-electron chi connectivity index (χ1n) is 5.61. The Bertz CT molecular complexity index is 288. The number of alkyl carbamates (subject to hydrolysis) is 1. The Morgan fingerprint density at radius 1 is 1.38 bits per heavy atom. The van der Waals surface area contributed by atoms with Crippen molar-refractivity contribution in [1.82, 2.24) is 5.32 Å². The maximum atomic E-state index is 11.6. The van der Waals surface area contributed by atoms with Crippen LogP contribution in [0.1, 0.15) is 46.5 Å². The summed E-state index contributed by atoms with van der Waals surface area (Å²) in [5.41, 5.74) is 4.35. The maximum Gasteiger partial charge on any atom is 0.408 e. The van der Waals surface area contributed by atoms with Crippen LogP contribution in [-0.2, 0) is 4.74 Å². The molecule has 0 radical (unpaired) electrons. The van der Waals surface area contributed by atoms with Crippen molar-refractivity contribution in [3.8, 4) is 0 Å². The molecule has 1 aliphatic carbocycles. The van der Waals surface area contributed by atoms with Crippen molar-refractivity contribution in [3.63, 3.8) is 0 Å². The fourth-order valence-corrected chi connectivity index (χ4v) is 1.94. The van der Waals surface area contributed by atoms with Crippen LogP contribution in [0.5, 0.6) is 0 Å². The van der Waals surface area contributed by atoms with Crippen LogP contribution in [0.4, 0.5) is 4.79 Å². The molecule has 1 aliphatic rings. The van der Waals surface area contributed by atoms with Gasteiger partial charge in [0.15, 0.2) is 0 Å². The Hall–Kier alpha value is -1.26. The molecule has 1 fully saturated rings. The number of hydrogen-bond donors (Lipinski definition) is 3. The summed E-state index contributed by atoms with van der Waals surface area (Å²) in [4.78, 5) is 11.6. The molecule has 92 valence electrons. The third kappa shape index (κ3) is 3.12. The summed E-state index contributed by atoms with van der Waals surface area (Å²) in [5.74, 6) is 0.0239. The second kappa shape index (κ2) is 4.31. The second-order valence-electron chi connectivity index (χ2n) is 5.33. The number of carbonyl (C=O) groups is 1. The van der Waals surface area contributed by atoms with Gasteiger partial charge >= 0.3 is 6.09 Å². The van der Waals surface area contributed by atoms with E-state index in [9.17, 15) is 4.79 Å². The average Bonchev–Trinajstić information content (AvgIpc) is 2.49. The number of nitrogens with two attached hydrogens (primary N) is 1. The highest BCUT2D eigenvalue weighted by Gasteiger charge is 2.39. The molecule has 4 N–H and O–H groups in total. The first-order chi connectivity index (χ1) is 7.25. The van der Waals surface area contributed by atoms with E-state index in [1.807, 2.05) is 20.8 Å². The van der Waals surface area contributed by atoms with E-state index in [-0.39, 0.29) is 5.84 Å². The van der Waals surface area contributed by atoms with Crippen LogP contribution in [-0.4, -0.2) is 23.1 Å². The van der Waals surface area contributed by atoms with Gasteiger partial charge in [-0.05, 0) is 33.6 Å². The molecule has 0 aliphatic heterocycles. The van der Waals surface area contributed by atoms with Gasteiger partial charge in [-0.3, -0.25) is 5.41 Å². The van der Waals surface area contributed by atoms with Crippen LogP contribution >= 0.6 is 0 Å². The van der Waals surface area contributed by atoms with Crippen LogP contribution in [0.3, 0.4) is 0 Å². The lowest BCUT2D eigenvalue weighted by Crippen LogP contribution is -2.56. The predicted molar refractivity (Wildman–Crippen MR) is 62.5 cm³/mol. The van der Waals surface area contributed by atoms with Gasteiger partial charge in [0.25, 0.3) is 0 Å². The van der Waals surface area contributed by atoms with Gasteiger partial charge in [-0.2, -0.15) is 0 Å². The molecule has 0 aromatic heterocycles. The van der Waals surface area contributed by atoms with Crippen molar-refractivity contribution in [2.24, 2.45) is 5.73 Å². The zero-order chi connectivity index (χ0) is 12.4. The minimum Gasteiger partial charge on any atom is -0.444 e. The lowest BCUT2D eigenvalue weighted by atomic mass is 9.96. The van der Waals surface area contributed by atoms with Gasteiger partial charge in [0.1, 0.15) is 11.4 Å². The van der Waals surface area contributed by atoms with Crippen molar-refractivity contribution in [2.75, 3.05) is 0 Å². The first kappa shape index (κ1) is 12.8. The van der Waals surface area contributed by atoms with Crippen molar-refractivity contribution < 1.29 is 9.53 Å². The van der Waals surface area contributed by atoms with E-state index < -0.39 is 17.2 Å². The Labute approximate surface area is 96.2 Å². The summed E-state index contributed by atoms with van der Waals surface area (Å²) in [5, 5.41) is 10.3. The molecular weight excluding hydrogens is 206 g/mol. The van der Waals surface area contributed by atoms with E-state index in [0.29, 0.717) is 0 Å². The van der Waals surface area contributed by atoms with Gasteiger partial charge in [-0.25, -0.2) is 4.79 Å². The summed E-state index contributed by atoms with van der Waals surface area (Å²) in [6.45, 7) is 5.42. The van der Waals surface area contributed by atoms with Crippen LogP contribution in [0.2, 0.25) is 0 Å². The zero-order valence-corrected chi connectivity index (χ0v) is 10.2. The second-order valence-corrected chi connectivity index (χ2v) is 5.33. The summed E-state index contributed by atoms with van der Waals surface area (Å²) in [6.07, 6.45) is 2.91. The number of rotatable bonds is 2. The molecule has 1 rings (SSSR count). The SMILES string of the molecule is CC(C)(C)OC(=O)NC1(C(=N)N)CCCC1. The Morgan fingerprint density at radius 3 is 2.25 bits per heavy atom. The van der Waals surface area contributed by atoms with Crippen LogP contribution in [0.15, 0.2) is 0 Å². The molecular formula is C11H21N3O2. The third-order valence-corrected chi connectivity index (χ3v) is 2.71. The molecule has 0 atom stereocenters. The predicted octanol–water partition coefficient (Wildman–Crippen LogP) is 1.76. The standard InChI is InChI=1S/C11H21N3O2/c1-10(2,3)16-9(15)14-11(8(12)13)6-4-5-7-11/h4-7H2,1-3H3,(H3,12,13)(H,14,15). The third-order valence-electron chi connectivity index (χ3n) is 2.71. The maximum absolute atomic E-state index is 11.6. The van der Waals surface area contributed by atoms with Gasteiger partial charge in [-0.1, -0.05) is 12.8 Å². The Balaban J connectivity index is 2.63. The molecule has 0 spiro atoms. The van der Waals surface area contributed by atoms with E-state index in [4.69, 9.17) is 15.9 Å². The van der Waals surface area contributed by atoms with Gasteiger partial charge in [0.05, 0.1) is 5.54 Å². The van der Waals surface area contributed by atoms with Crippen molar-refractivity contribution in [2.45, 2.75) is 57.6 Å². The van der Waals surface area contributed by atoms with Gasteiger partial charge < -0.3 is 15.8 Å².